The summed E-state index contributed by atoms with van der Waals surface area (Å²) in [6, 6.07) is 60.1. The highest BCUT2D eigenvalue weighted by Gasteiger charge is 2.39. The fourth-order valence-corrected chi connectivity index (χ4v) is 10.3. The molecule has 1 atom stereocenters. The number of hydrogen-bond donors (Lipinski definition) is 1. The average Bonchev–Trinajstić information content (AvgIpc) is 3.64. The van der Waals surface area contributed by atoms with Crippen molar-refractivity contribution in [1.29, 1.82) is 5.41 Å². The summed E-state index contributed by atoms with van der Waals surface area (Å²) in [5.41, 5.74) is 18.9. The van der Waals surface area contributed by atoms with E-state index in [-0.39, 0.29) is 5.92 Å². The van der Waals surface area contributed by atoms with E-state index in [1.165, 1.54) is 93.5 Å². The molecule has 0 spiro atoms. The molecule has 0 radical (unpaired) electrons. The van der Waals surface area contributed by atoms with Gasteiger partial charge in [-0.05, 0) is 124 Å². The molecule has 1 heterocycles. The van der Waals surface area contributed by atoms with Gasteiger partial charge in [-0.2, -0.15) is 0 Å². The van der Waals surface area contributed by atoms with Crippen LogP contribution >= 0.6 is 0 Å². The smallest absolute Gasteiger partial charge is 0.0957 e. The van der Waals surface area contributed by atoms with Crippen LogP contribution in [0.25, 0.3) is 83.4 Å². The number of nitrogens with one attached hydrogen (secondary N) is 1. The minimum absolute atomic E-state index is 0.243. The lowest BCUT2D eigenvalue weighted by atomic mass is 9.77. The van der Waals surface area contributed by atoms with Crippen molar-refractivity contribution >= 4 is 55.8 Å². The van der Waals surface area contributed by atoms with E-state index in [0.717, 1.165) is 28.8 Å². The first-order valence-corrected chi connectivity index (χ1v) is 20.8. The summed E-state index contributed by atoms with van der Waals surface area (Å²) >= 11 is 0. The molecule has 2 heteroatoms. The lowest BCUT2D eigenvalue weighted by molar-refractivity contribution is 0.843. The molecular weight excluding hydrogens is 725 g/mol. The zero-order valence-corrected chi connectivity index (χ0v) is 32.9. The number of benzene rings is 8. The average molecular weight is 763 g/mol. The zero-order valence-electron chi connectivity index (χ0n) is 32.9. The van der Waals surface area contributed by atoms with E-state index < -0.39 is 0 Å². The monoisotopic (exact) mass is 762 g/mol. The van der Waals surface area contributed by atoms with Crippen LogP contribution in [0.4, 0.5) is 0 Å². The summed E-state index contributed by atoms with van der Waals surface area (Å²) in [7, 11) is 0. The largest absolute Gasteiger partial charge is 0.298 e. The predicted molar refractivity (Wildman–Crippen MR) is 252 cm³/mol. The molecule has 60 heavy (non-hydrogen) atoms. The number of fused-ring (bicyclic) bond motifs is 8. The summed E-state index contributed by atoms with van der Waals surface area (Å²) in [4.78, 5) is 4.45. The van der Waals surface area contributed by atoms with Crippen molar-refractivity contribution in [2.75, 3.05) is 0 Å². The number of allylic oxidation sites excluding steroid dienone is 5. The molecule has 1 aromatic heterocycles. The van der Waals surface area contributed by atoms with Crippen LogP contribution in [0.3, 0.4) is 0 Å². The van der Waals surface area contributed by atoms with Crippen LogP contribution in [0.2, 0.25) is 0 Å². The summed E-state index contributed by atoms with van der Waals surface area (Å²) < 4.78 is 0. The molecule has 2 nitrogen and oxygen atoms in total. The Labute approximate surface area is 349 Å². The third kappa shape index (κ3) is 5.28. The first kappa shape index (κ1) is 34.4. The molecule has 0 saturated heterocycles. The minimum atomic E-state index is 0.243. The molecule has 280 valence electrons. The van der Waals surface area contributed by atoms with Crippen LogP contribution in [0, 0.1) is 5.41 Å². The van der Waals surface area contributed by atoms with E-state index >= 15 is 0 Å². The van der Waals surface area contributed by atoms with Crippen LogP contribution < -0.4 is 0 Å². The van der Waals surface area contributed by atoms with E-state index in [0.29, 0.717) is 5.71 Å². The van der Waals surface area contributed by atoms with Crippen molar-refractivity contribution < 1.29 is 0 Å². The highest BCUT2D eigenvalue weighted by atomic mass is 14.7. The van der Waals surface area contributed by atoms with Gasteiger partial charge in [-0.25, -0.2) is 0 Å². The molecule has 12 rings (SSSR count). The first-order valence-electron chi connectivity index (χ1n) is 20.8. The van der Waals surface area contributed by atoms with Crippen LogP contribution in [0.15, 0.2) is 200 Å². The van der Waals surface area contributed by atoms with Gasteiger partial charge in [0.15, 0.2) is 0 Å². The molecule has 0 bridgehead atoms. The number of aromatic nitrogens is 1. The van der Waals surface area contributed by atoms with Crippen molar-refractivity contribution in [2.45, 2.75) is 12.3 Å². The topological polar surface area (TPSA) is 36.7 Å². The van der Waals surface area contributed by atoms with Gasteiger partial charge in [0, 0.05) is 23.3 Å². The Morgan fingerprint density at radius 1 is 0.533 bits per heavy atom. The predicted octanol–water partition coefficient (Wildman–Crippen LogP) is 14.9. The molecule has 0 saturated carbocycles. The molecule has 0 aliphatic heterocycles. The highest BCUT2D eigenvalue weighted by Crippen LogP contribution is 2.60. The normalized spacial score (nSPS) is 15.8. The van der Waals surface area contributed by atoms with Crippen LogP contribution in [0.1, 0.15) is 51.4 Å². The lowest BCUT2D eigenvalue weighted by Gasteiger charge is -2.26. The summed E-state index contributed by atoms with van der Waals surface area (Å²) in [5.74, 6) is 0.243. The van der Waals surface area contributed by atoms with E-state index in [1.807, 2.05) is 36.4 Å². The van der Waals surface area contributed by atoms with Gasteiger partial charge in [0.1, 0.15) is 0 Å². The number of nitrogens with zero attached hydrogens (tertiary/aromatic N) is 1. The quantitative estimate of drug-likeness (QED) is 0.174. The maximum atomic E-state index is 8.72. The standard InChI is InChI=1S/C58H38N2/c59-57-39(29-30-40-20-13-33-60-58(40)57)19-11-14-36-27-28-41-35-51(43-22-8-7-21-42(43)50(41)34-36)44-31-32-49-54-45(44)25-12-26-48(54)55-52(37-15-3-1-4-16-37)46-23-9-10-24-47(46)53(56(49)55)38-17-5-2-6-18-38/h1-31,33-35,49,59H,32H2/b14-11+,39-19-,59-57?/t49-/m1/s1. The second-order valence-corrected chi connectivity index (χ2v) is 16.1. The third-order valence-corrected chi connectivity index (χ3v) is 12.8. The summed E-state index contributed by atoms with van der Waals surface area (Å²) in [6.07, 6.45) is 15.4. The van der Waals surface area contributed by atoms with Crippen LogP contribution in [-0.4, -0.2) is 10.7 Å². The van der Waals surface area contributed by atoms with Gasteiger partial charge in [-0.1, -0.05) is 182 Å². The summed E-state index contributed by atoms with van der Waals surface area (Å²) in [6.45, 7) is 0. The SMILES string of the molecule is N=C1/C(=C\C=C\c2ccc3cc(C4=CC[C@@H]5c6c4cccc6-c4c5c(-c5ccccc5)c5ccccc5c4-c4ccccc4)c4ccccc4c3c2)C=Cc2cccnc21. The molecule has 8 aromatic carbocycles. The number of hydrogen-bond acceptors (Lipinski definition) is 2. The molecule has 9 aromatic rings. The van der Waals surface area contributed by atoms with E-state index in [2.05, 4.69) is 169 Å². The Balaban J connectivity index is 0.999. The van der Waals surface area contributed by atoms with Gasteiger partial charge < -0.3 is 0 Å². The fourth-order valence-electron chi connectivity index (χ4n) is 10.3. The van der Waals surface area contributed by atoms with Gasteiger partial charge in [0.2, 0.25) is 0 Å². The highest BCUT2D eigenvalue weighted by molar-refractivity contribution is 6.18. The van der Waals surface area contributed by atoms with Gasteiger partial charge >= 0.3 is 0 Å². The number of rotatable bonds is 5. The Kier molecular flexibility index (Phi) is 7.86. The maximum absolute atomic E-state index is 8.72. The summed E-state index contributed by atoms with van der Waals surface area (Å²) in [5, 5.41) is 16.3. The van der Waals surface area contributed by atoms with E-state index in [1.54, 1.807) is 6.20 Å². The van der Waals surface area contributed by atoms with Crippen molar-refractivity contribution in [3.05, 3.63) is 239 Å². The Morgan fingerprint density at radius 3 is 2.03 bits per heavy atom. The Bertz CT molecular complexity index is 3400. The Morgan fingerprint density at radius 2 is 1.23 bits per heavy atom. The van der Waals surface area contributed by atoms with Crippen molar-refractivity contribution in [1.82, 2.24) is 4.98 Å². The molecule has 3 aliphatic rings. The molecule has 1 N–H and O–H groups in total. The van der Waals surface area contributed by atoms with Gasteiger partial charge in [-0.3, -0.25) is 10.4 Å². The molecule has 0 amide bonds. The van der Waals surface area contributed by atoms with Gasteiger partial charge in [-0.15, -0.1) is 0 Å². The molecule has 0 fully saturated rings. The van der Waals surface area contributed by atoms with E-state index in [9.17, 15) is 0 Å². The second-order valence-electron chi connectivity index (χ2n) is 16.1. The van der Waals surface area contributed by atoms with Gasteiger partial charge in [0.05, 0.1) is 11.4 Å². The van der Waals surface area contributed by atoms with Gasteiger partial charge in [0.25, 0.3) is 0 Å². The first-order chi connectivity index (χ1) is 29.7. The van der Waals surface area contributed by atoms with Crippen LogP contribution in [0.5, 0.6) is 0 Å². The Hall–Kier alpha value is -7.68. The van der Waals surface area contributed by atoms with E-state index in [4.69, 9.17) is 5.41 Å². The second kappa shape index (κ2) is 13.7. The minimum Gasteiger partial charge on any atom is -0.298 e. The van der Waals surface area contributed by atoms with Crippen molar-refractivity contribution in [3.63, 3.8) is 0 Å². The zero-order chi connectivity index (χ0) is 39.7. The third-order valence-electron chi connectivity index (χ3n) is 12.8. The molecular formula is C58H38N2. The fraction of sp³-hybridized carbons (Fsp3) is 0.0345. The molecule has 3 aliphatic carbocycles. The number of pyridine rings is 1. The van der Waals surface area contributed by atoms with Crippen LogP contribution in [-0.2, 0) is 0 Å². The van der Waals surface area contributed by atoms with Crippen molar-refractivity contribution in [3.8, 4) is 33.4 Å². The van der Waals surface area contributed by atoms with Crippen molar-refractivity contribution in [2.24, 2.45) is 0 Å². The lowest BCUT2D eigenvalue weighted by Crippen LogP contribution is -2.09. The molecule has 0 unspecified atom stereocenters. The maximum Gasteiger partial charge on any atom is 0.0957 e.